The van der Waals surface area contributed by atoms with Crippen molar-refractivity contribution in [3.63, 3.8) is 0 Å². The summed E-state index contributed by atoms with van der Waals surface area (Å²) in [6.45, 7) is 3.11. The second kappa shape index (κ2) is 8.89. The topological polar surface area (TPSA) is 76.1 Å². The maximum absolute atomic E-state index is 13.1. The van der Waals surface area contributed by atoms with Gasteiger partial charge in [0.05, 0.1) is 29.4 Å². The first-order valence-electron chi connectivity index (χ1n) is 10.4. The number of aryl methyl sites for hydroxylation is 1. The highest BCUT2D eigenvalue weighted by atomic mass is 35.5. The van der Waals surface area contributed by atoms with Crippen LogP contribution in [0.25, 0.3) is 0 Å². The molecule has 1 N–H and O–H groups in total. The van der Waals surface area contributed by atoms with E-state index >= 15 is 0 Å². The van der Waals surface area contributed by atoms with Gasteiger partial charge in [0.1, 0.15) is 11.9 Å². The number of hydrogen-bond donors (Lipinski definition) is 1. The first kappa shape index (κ1) is 21.7. The van der Waals surface area contributed by atoms with Crippen molar-refractivity contribution in [1.29, 1.82) is 0 Å². The Morgan fingerprint density at radius 2 is 1.81 bits per heavy atom. The van der Waals surface area contributed by atoms with Gasteiger partial charge in [0.25, 0.3) is 5.91 Å². The molecule has 1 aliphatic carbocycles. The van der Waals surface area contributed by atoms with Crippen LogP contribution >= 0.6 is 11.6 Å². The number of fused-ring (bicyclic) bond motifs is 1. The monoisotopic (exact) mass is 443 g/mol. The van der Waals surface area contributed by atoms with Crippen molar-refractivity contribution in [2.75, 3.05) is 20.2 Å². The fraction of sp³-hybridized carbons (Fsp3) is 0.417. The van der Waals surface area contributed by atoms with Crippen LogP contribution in [0.5, 0.6) is 5.75 Å². The summed E-state index contributed by atoms with van der Waals surface area (Å²) in [6.07, 6.45) is 0.169. The molecule has 0 spiro atoms. The number of ether oxygens (including phenoxy) is 2. The average molecular weight is 444 g/mol. The maximum atomic E-state index is 13.1. The Hall–Kier alpha value is -2.57. The minimum absolute atomic E-state index is 0.0600. The van der Waals surface area contributed by atoms with Crippen LogP contribution in [0, 0.1) is 18.8 Å². The number of halogens is 1. The zero-order valence-electron chi connectivity index (χ0n) is 17.6. The Kier molecular flexibility index (Phi) is 6.21. The van der Waals surface area contributed by atoms with Gasteiger partial charge >= 0.3 is 5.97 Å². The van der Waals surface area contributed by atoms with Gasteiger partial charge in [-0.15, -0.1) is 0 Å². The molecule has 6 nitrogen and oxygen atoms in total. The lowest BCUT2D eigenvalue weighted by Crippen LogP contribution is -2.42. The van der Waals surface area contributed by atoms with Gasteiger partial charge in [0.15, 0.2) is 0 Å². The van der Waals surface area contributed by atoms with Crippen molar-refractivity contribution in [2.45, 2.75) is 32.0 Å². The average Bonchev–Trinajstić information content (AvgIpc) is 3.16. The van der Waals surface area contributed by atoms with E-state index in [1.54, 1.807) is 30.3 Å². The highest BCUT2D eigenvalue weighted by molar-refractivity contribution is 6.34. The van der Waals surface area contributed by atoms with E-state index in [1.165, 1.54) is 7.11 Å². The number of methoxy groups -OCH3 is 1. The number of aliphatic hydroxyl groups is 1. The van der Waals surface area contributed by atoms with Crippen LogP contribution in [0.1, 0.15) is 39.1 Å². The largest absolute Gasteiger partial charge is 0.488 e. The van der Waals surface area contributed by atoms with Crippen molar-refractivity contribution in [1.82, 2.24) is 4.90 Å². The van der Waals surface area contributed by atoms with Gasteiger partial charge in [0, 0.05) is 13.1 Å². The van der Waals surface area contributed by atoms with Crippen molar-refractivity contribution >= 4 is 23.5 Å². The molecule has 2 aromatic rings. The van der Waals surface area contributed by atoms with E-state index in [0.717, 1.165) is 5.56 Å². The third kappa shape index (κ3) is 4.41. The summed E-state index contributed by atoms with van der Waals surface area (Å²) >= 11 is 6.30. The molecule has 1 amide bonds. The van der Waals surface area contributed by atoms with Gasteiger partial charge in [0.2, 0.25) is 0 Å². The van der Waals surface area contributed by atoms with Crippen molar-refractivity contribution in [3.8, 4) is 5.75 Å². The van der Waals surface area contributed by atoms with Crippen LogP contribution in [0.15, 0.2) is 42.5 Å². The lowest BCUT2D eigenvalue weighted by atomic mass is 9.78. The minimum atomic E-state index is -0.639. The summed E-state index contributed by atoms with van der Waals surface area (Å²) in [5, 5.41) is 11.2. The molecular formula is C24H26ClNO5. The van der Waals surface area contributed by atoms with Gasteiger partial charge in [-0.3, -0.25) is 4.79 Å². The smallest absolute Gasteiger partial charge is 0.337 e. The van der Waals surface area contributed by atoms with Gasteiger partial charge < -0.3 is 19.5 Å². The molecule has 0 aromatic heterocycles. The third-order valence-corrected chi connectivity index (χ3v) is 6.67. The van der Waals surface area contributed by atoms with Crippen LogP contribution in [-0.2, 0) is 4.74 Å². The summed E-state index contributed by atoms with van der Waals surface area (Å²) in [4.78, 5) is 26.7. The predicted octanol–water partition coefficient (Wildman–Crippen LogP) is 3.73. The Balaban J connectivity index is 1.45. The fourth-order valence-corrected chi connectivity index (χ4v) is 5.04. The summed E-state index contributed by atoms with van der Waals surface area (Å²) in [5.41, 5.74) is 1.81. The standard InChI is InChI=1S/C24H26ClNO5/c1-14-5-3-8-19(25)22(14)23(28)26-12-16-10-20(27)21(11-17(16)13-26)31-18-7-4-6-15(9-18)24(29)30-2/h3-9,16-17,20-21,27H,10-13H2,1-2H3/t16-,17+,20+,21+/m0/s1. The lowest BCUT2D eigenvalue weighted by molar-refractivity contribution is -0.0231. The van der Waals surface area contributed by atoms with Crippen molar-refractivity contribution in [3.05, 3.63) is 64.2 Å². The van der Waals surface area contributed by atoms with Crippen LogP contribution < -0.4 is 4.74 Å². The van der Waals surface area contributed by atoms with Gasteiger partial charge in [-0.1, -0.05) is 29.8 Å². The van der Waals surface area contributed by atoms with Crippen LogP contribution in [0.4, 0.5) is 0 Å². The number of nitrogens with zero attached hydrogens (tertiary/aromatic N) is 1. The van der Waals surface area contributed by atoms with E-state index in [1.807, 2.05) is 24.0 Å². The number of rotatable bonds is 4. The molecule has 1 saturated heterocycles. The Bertz CT molecular complexity index is 973. The van der Waals surface area contributed by atoms with Crippen LogP contribution in [-0.4, -0.2) is 54.3 Å². The number of likely N-dealkylation sites (tertiary alicyclic amines) is 1. The first-order chi connectivity index (χ1) is 14.9. The number of hydrogen-bond acceptors (Lipinski definition) is 5. The molecule has 2 fully saturated rings. The molecule has 0 unspecified atom stereocenters. The Morgan fingerprint density at radius 3 is 2.52 bits per heavy atom. The molecule has 164 valence electrons. The van der Waals surface area contributed by atoms with E-state index < -0.39 is 18.2 Å². The number of esters is 1. The fourth-order valence-electron chi connectivity index (χ4n) is 4.73. The molecule has 1 saturated carbocycles. The van der Waals surface area contributed by atoms with Gasteiger partial charge in [-0.25, -0.2) is 4.79 Å². The van der Waals surface area contributed by atoms with Gasteiger partial charge in [-0.2, -0.15) is 0 Å². The lowest BCUT2D eigenvalue weighted by Gasteiger charge is -2.35. The number of benzene rings is 2. The quantitative estimate of drug-likeness (QED) is 0.729. The van der Waals surface area contributed by atoms with E-state index in [9.17, 15) is 14.7 Å². The molecule has 2 aliphatic rings. The molecule has 0 bridgehead atoms. The van der Waals surface area contributed by atoms with Crippen molar-refractivity contribution < 1.29 is 24.2 Å². The molecule has 2 aromatic carbocycles. The summed E-state index contributed by atoms with van der Waals surface area (Å²) in [6, 6.07) is 12.2. The van der Waals surface area contributed by atoms with E-state index in [2.05, 4.69) is 0 Å². The molecule has 31 heavy (non-hydrogen) atoms. The molecule has 1 aliphatic heterocycles. The van der Waals surface area contributed by atoms with E-state index in [0.29, 0.717) is 47.8 Å². The number of amides is 1. The molecule has 4 rings (SSSR count). The second-order valence-electron chi connectivity index (χ2n) is 8.38. The summed E-state index contributed by atoms with van der Waals surface area (Å²) < 4.78 is 10.8. The van der Waals surface area contributed by atoms with E-state index in [-0.39, 0.29) is 17.7 Å². The van der Waals surface area contributed by atoms with Crippen LogP contribution in [0.2, 0.25) is 5.02 Å². The number of carbonyl (C=O) groups is 2. The second-order valence-corrected chi connectivity index (χ2v) is 8.78. The molecule has 0 radical (unpaired) electrons. The SMILES string of the molecule is COC(=O)c1cccc(O[C@@H]2C[C@@H]3CN(C(=O)c4c(C)cccc4Cl)C[C@@H]3C[C@H]2O)c1. The normalized spacial score (nSPS) is 25.1. The molecule has 4 atom stereocenters. The number of aliphatic hydroxyl groups excluding tert-OH is 1. The zero-order chi connectivity index (χ0) is 22.1. The van der Waals surface area contributed by atoms with Gasteiger partial charge in [-0.05, 0) is 61.4 Å². The zero-order valence-corrected chi connectivity index (χ0v) is 18.3. The molecule has 1 heterocycles. The van der Waals surface area contributed by atoms with Crippen molar-refractivity contribution in [2.24, 2.45) is 11.8 Å². The number of carbonyl (C=O) groups excluding carboxylic acids is 2. The van der Waals surface area contributed by atoms with E-state index in [4.69, 9.17) is 21.1 Å². The molecule has 7 heteroatoms. The summed E-state index contributed by atoms with van der Waals surface area (Å²) in [7, 11) is 1.33. The maximum Gasteiger partial charge on any atom is 0.337 e. The Labute approximate surface area is 186 Å². The highest BCUT2D eigenvalue weighted by Crippen LogP contribution is 2.39. The minimum Gasteiger partial charge on any atom is -0.488 e. The third-order valence-electron chi connectivity index (χ3n) is 6.35. The van der Waals surface area contributed by atoms with Crippen LogP contribution in [0.3, 0.4) is 0 Å². The molecular weight excluding hydrogens is 418 g/mol. The summed E-state index contributed by atoms with van der Waals surface area (Å²) in [5.74, 6) is 0.486. The first-order valence-corrected chi connectivity index (χ1v) is 10.8. The predicted molar refractivity (Wildman–Crippen MR) is 117 cm³/mol. The highest BCUT2D eigenvalue weighted by Gasteiger charge is 2.44. The Morgan fingerprint density at radius 1 is 1.10 bits per heavy atom.